The number of hydrogen-bond acceptors (Lipinski definition) is 1. The van der Waals surface area contributed by atoms with Crippen LogP contribution in [0, 0.1) is 5.82 Å². The maximum absolute atomic E-state index is 12.9. The summed E-state index contributed by atoms with van der Waals surface area (Å²) in [5, 5.41) is 3.78. The molecule has 2 aromatic carbocycles. The van der Waals surface area contributed by atoms with Crippen LogP contribution in [0.15, 0.2) is 54.6 Å². The molecule has 0 spiro atoms. The predicted octanol–water partition coefficient (Wildman–Crippen LogP) is 4.22. The second-order valence-electron chi connectivity index (χ2n) is 6.44. The van der Waals surface area contributed by atoms with E-state index in [9.17, 15) is 4.39 Å². The first-order valence-electron chi connectivity index (χ1n) is 7.86. The molecule has 2 aromatic rings. The molecule has 0 aromatic heterocycles. The minimum Gasteiger partial charge on any atom is -0.311 e. The minimum atomic E-state index is -0.142. The van der Waals surface area contributed by atoms with Crippen molar-refractivity contribution < 1.29 is 4.39 Å². The summed E-state index contributed by atoms with van der Waals surface area (Å²) in [4.78, 5) is 0. The van der Waals surface area contributed by atoms with Gasteiger partial charge in [-0.3, -0.25) is 0 Å². The van der Waals surface area contributed by atoms with Gasteiger partial charge in [-0.05, 0) is 48.4 Å². The lowest BCUT2D eigenvalue weighted by atomic mass is 9.76. The molecule has 1 nitrogen and oxygen atoms in total. The Balaban J connectivity index is 1.27. The summed E-state index contributed by atoms with van der Waals surface area (Å²) in [6, 6.07) is 19.1. The van der Waals surface area contributed by atoms with Crippen molar-refractivity contribution >= 4 is 0 Å². The first-order valence-corrected chi connectivity index (χ1v) is 7.86. The number of halogens is 1. The molecule has 2 aliphatic carbocycles. The van der Waals surface area contributed by atoms with Crippen LogP contribution in [0.4, 0.5) is 4.39 Å². The Morgan fingerprint density at radius 1 is 0.810 bits per heavy atom. The molecule has 0 bridgehead atoms. The summed E-state index contributed by atoms with van der Waals surface area (Å²) in [5.74, 6) is 1.17. The maximum atomic E-state index is 12.9. The second kappa shape index (κ2) is 5.27. The Hall–Kier alpha value is -1.67. The molecule has 2 aliphatic rings. The van der Waals surface area contributed by atoms with E-state index in [-0.39, 0.29) is 5.82 Å². The van der Waals surface area contributed by atoms with Crippen molar-refractivity contribution in [2.24, 2.45) is 0 Å². The Labute approximate surface area is 125 Å². The highest BCUT2D eigenvalue weighted by Crippen LogP contribution is 2.44. The van der Waals surface area contributed by atoms with Gasteiger partial charge in [0.25, 0.3) is 0 Å². The average molecular weight is 281 g/mol. The summed E-state index contributed by atoms with van der Waals surface area (Å²) in [5.41, 5.74) is 2.74. The Morgan fingerprint density at radius 3 is 2.24 bits per heavy atom. The Morgan fingerprint density at radius 2 is 1.52 bits per heavy atom. The minimum absolute atomic E-state index is 0.142. The van der Waals surface area contributed by atoms with Gasteiger partial charge in [0.2, 0.25) is 0 Å². The number of rotatable bonds is 4. The average Bonchev–Trinajstić information content (AvgIpc) is 3.24. The van der Waals surface area contributed by atoms with E-state index < -0.39 is 0 Å². The van der Waals surface area contributed by atoms with Crippen LogP contribution in [0.1, 0.15) is 42.2 Å². The fraction of sp³-hybridized carbons (Fsp3) is 0.368. The highest BCUT2D eigenvalue weighted by Gasteiger charge is 2.42. The number of hydrogen-bond donors (Lipinski definition) is 1. The fourth-order valence-corrected chi connectivity index (χ4v) is 3.51. The van der Waals surface area contributed by atoms with Gasteiger partial charge in [-0.15, -0.1) is 0 Å². The van der Waals surface area contributed by atoms with Gasteiger partial charge in [0.05, 0.1) is 0 Å². The number of nitrogens with one attached hydrogen (secondary N) is 1. The lowest BCUT2D eigenvalue weighted by molar-refractivity contribution is 0.287. The van der Waals surface area contributed by atoms with E-state index in [1.54, 1.807) is 12.1 Å². The zero-order chi connectivity index (χ0) is 14.2. The molecule has 0 radical (unpaired) electrons. The summed E-state index contributed by atoms with van der Waals surface area (Å²) in [7, 11) is 0. The van der Waals surface area contributed by atoms with Crippen molar-refractivity contribution in [3.8, 4) is 0 Å². The van der Waals surface area contributed by atoms with Crippen LogP contribution in [-0.2, 0) is 0 Å². The van der Waals surface area contributed by atoms with Crippen LogP contribution in [0.25, 0.3) is 0 Å². The molecule has 0 aliphatic heterocycles. The highest BCUT2D eigenvalue weighted by atomic mass is 19.1. The van der Waals surface area contributed by atoms with Crippen LogP contribution in [0.3, 0.4) is 0 Å². The lowest BCUT2D eigenvalue weighted by Crippen LogP contribution is -2.41. The molecular weight excluding hydrogens is 261 g/mol. The van der Waals surface area contributed by atoms with E-state index in [0.717, 1.165) is 0 Å². The first-order chi connectivity index (χ1) is 10.3. The standard InChI is InChI=1S/C19H20FN/c20-16-8-6-13(7-9-16)15-10-17(11-15)21-19-12-18(19)14-4-2-1-3-5-14/h1-9,15,17-19,21H,10-12H2. The van der Waals surface area contributed by atoms with Gasteiger partial charge < -0.3 is 5.32 Å². The van der Waals surface area contributed by atoms with E-state index in [1.165, 1.54) is 30.4 Å². The van der Waals surface area contributed by atoms with Gasteiger partial charge in [-0.25, -0.2) is 4.39 Å². The highest BCUT2D eigenvalue weighted by molar-refractivity contribution is 5.29. The van der Waals surface area contributed by atoms with Crippen molar-refractivity contribution in [1.82, 2.24) is 5.32 Å². The van der Waals surface area contributed by atoms with Crippen molar-refractivity contribution in [1.29, 1.82) is 0 Å². The molecule has 2 fully saturated rings. The summed E-state index contributed by atoms with van der Waals surface area (Å²) in [6.45, 7) is 0. The van der Waals surface area contributed by atoms with Crippen LogP contribution in [0.2, 0.25) is 0 Å². The molecule has 2 atom stereocenters. The van der Waals surface area contributed by atoms with E-state index >= 15 is 0 Å². The third-order valence-corrected chi connectivity index (χ3v) is 4.95. The van der Waals surface area contributed by atoms with Crippen molar-refractivity contribution in [2.75, 3.05) is 0 Å². The Bertz CT molecular complexity index is 601. The van der Waals surface area contributed by atoms with Gasteiger partial charge in [0, 0.05) is 18.0 Å². The zero-order valence-corrected chi connectivity index (χ0v) is 12.0. The molecule has 108 valence electrons. The molecular formula is C19H20FN. The monoisotopic (exact) mass is 281 g/mol. The Kier molecular flexibility index (Phi) is 3.27. The van der Waals surface area contributed by atoms with E-state index in [2.05, 4.69) is 35.6 Å². The quantitative estimate of drug-likeness (QED) is 0.885. The summed E-state index contributed by atoms with van der Waals surface area (Å²) in [6.07, 6.45) is 3.63. The smallest absolute Gasteiger partial charge is 0.123 e. The topological polar surface area (TPSA) is 12.0 Å². The van der Waals surface area contributed by atoms with Gasteiger partial charge in [0.1, 0.15) is 5.82 Å². The molecule has 0 heterocycles. The SMILES string of the molecule is Fc1ccc(C2CC(NC3CC3c3ccccc3)C2)cc1. The molecule has 21 heavy (non-hydrogen) atoms. The van der Waals surface area contributed by atoms with Crippen LogP contribution in [-0.4, -0.2) is 12.1 Å². The van der Waals surface area contributed by atoms with E-state index in [1.807, 2.05) is 12.1 Å². The van der Waals surface area contributed by atoms with Gasteiger partial charge in [-0.2, -0.15) is 0 Å². The van der Waals surface area contributed by atoms with Crippen LogP contribution >= 0.6 is 0 Å². The van der Waals surface area contributed by atoms with Crippen molar-refractivity contribution in [3.63, 3.8) is 0 Å². The lowest BCUT2D eigenvalue weighted by Gasteiger charge is -2.36. The molecule has 2 saturated carbocycles. The third kappa shape index (κ3) is 2.73. The largest absolute Gasteiger partial charge is 0.311 e. The summed E-state index contributed by atoms with van der Waals surface area (Å²) < 4.78 is 12.9. The molecule has 4 rings (SSSR count). The fourth-order valence-electron chi connectivity index (χ4n) is 3.51. The zero-order valence-electron chi connectivity index (χ0n) is 12.0. The third-order valence-electron chi connectivity index (χ3n) is 4.95. The van der Waals surface area contributed by atoms with Crippen LogP contribution < -0.4 is 5.32 Å². The number of benzene rings is 2. The molecule has 0 amide bonds. The van der Waals surface area contributed by atoms with Crippen molar-refractivity contribution in [2.45, 2.75) is 43.2 Å². The normalized spacial score (nSPS) is 30.7. The molecule has 0 saturated heterocycles. The van der Waals surface area contributed by atoms with E-state index in [4.69, 9.17) is 0 Å². The molecule has 1 N–H and O–H groups in total. The molecule has 2 heteroatoms. The van der Waals surface area contributed by atoms with Crippen molar-refractivity contribution in [3.05, 3.63) is 71.5 Å². The summed E-state index contributed by atoms with van der Waals surface area (Å²) >= 11 is 0. The first kappa shape index (κ1) is 13.0. The maximum Gasteiger partial charge on any atom is 0.123 e. The van der Waals surface area contributed by atoms with E-state index in [0.29, 0.717) is 23.9 Å². The van der Waals surface area contributed by atoms with Gasteiger partial charge >= 0.3 is 0 Å². The predicted molar refractivity (Wildman–Crippen MR) is 82.9 cm³/mol. The van der Waals surface area contributed by atoms with Gasteiger partial charge in [-0.1, -0.05) is 42.5 Å². The molecule has 2 unspecified atom stereocenters. The second-order valence-corrected chi connectivity index (χ2v) is 6.44. The van der Waals surface area contributed by atoms with Crippen LogP contribution in [0.5, 0.6) is 0 Å². The van der Waals surface area contributed by atoms with Gasteiger partial charge in [0.15, 0.2) is 0 Å².